The van der Waals surface area contributed by atoms with Crippen LogP contribution in [0.3, 0.4) is 0 Å². The fourth-order valence-corrected chi connectivity index (χ4v) is 2.10. The van der Waals surface area contributed by atoms with Crippen molar-refractivity contribution in [2.45, 2.75) is 27.3 Å². The second kappa shape index (κ2) is 5.45. The Bertz CT molecular complexity index is 602. The Morgan fingerprint density at radius 1 is 1.32 bits per heavy atom. The van der Waals surface area contributed by atoms with E-state index in [9.17, 15) is 4.79 Å². The Balaban J connectivity index is 2.26. The number of benzene rings is 1. The van der Waals surface area contributed by atoms with Crippen LogP contribution < -0.4 is 5.32 Å². The molecule has 2 rings (SSSR count). The number of anilines is 1. The van der Waals surface area contributed by atoms with Crippen LogP contribution >= 0.6 is 11.6 Å². The molecule has 0 unspecified atom stereocenters. The molecule has 0 aliphatic rings. The molecule has 1 aromatic carbocycles. The number of nitrogens with zero attached hydrogens (tertiary/aromatic N) is 2. The van der Waals surface area contributed by atoms with Crippen molar-refractivity contribution in [3.05, 3.63) is 46.2 Å². The second-order valence-electron chi connectivity index (χ2n) is 4.51. The summed E-state index contributed by atoms with van der Waals surface area (Å²) in [7, 11) is 0. The summed E-state index contributed by atoms with van der Waals surface area (Å²) in [4.78, 5) is 11.2. The third-order valence-electron chi connectivity index (χ3n) is 2.93. The molecule has 0 aliphatic heterocycles. The first-order valence-corrected chi connectivity index (χ1v) is 6.41. The molecule has 0 fully saturated rings. The van der Waals surface area contributed by atoms with Crippen molar-refractivity contribution in [1.29, 1.82) is 0 Å². The molecule has 0 aliphatic carbocycles. The molecule has 1 aromatic heterocycles. The number of nitrogens with one attached hydrogen (secondary N) is 1. The van der Waals surface area contributed by atoms with Gasteiger partial charge in [-0.3, -0.25) is 9.48 Å². The molecule has 0 spiro atoms. The van der Waals surface area contributed by atoms with Crippen molar-refractivity contribution in [1.82, 2.24) is 9.78 Å². The van der Waals surface area contributed by atoms with Crippen LogP contribution in [-0.2, 0) is 11.3 Å². The molecule has 5 heteroatoms. The van der Waals surface area contributed by atoms with Crippen molar-refractivity contribution in [3.63, 3.8) is 0 Å². The van der Waals surface area contributed by atoms with Gasteiger partial charge in [0.15, 0.2) is 0 Å². The van der Waals surface area contributed by atoms with Crippen LogP contribution in [0.5, 0.6) is 0 Å². The summed E-state index contributed by atoms with van der Waals surface area (Å²) >= 11 is 5.86. The van der Waals surface area contributed by atoms with E-state index in [1.54, 1.807) is 0 Å². The Hall–Kier alpha value is -1.81. The van der Waals surface area contributed by atoms with Gasteiger partial charge in [-0.2, -0.15) is 5.10 Å². The molecule has 100 valence electrons. The molecular formula is C14H16ClN3O. The van der Waals surface area contributed by atoms with Gasteiger partial charge in [0.25, 0.3) is 0 Å². The number of carbonyl (C=O) groups excluding carboxylic acids is 1. The van der Waals surface area contributed by atoms with Crippen LogP contribution in [0.1, 0.15) is 23.9 Å². The lowest BCUT2D eigenvalue weighted by Gasteiger charge is -2.06. The highest BCUT2D eigenvalue weighted by atomic mass is 35.5. The minimum Gasteiger partial charge on any atom is -0.323 e. The summed E-state index contributed by atoms with van der Waals surface area (Å²) in [6.45, 7) is 5.98. The normalized spacial score (nSPS) is 10.5. The lowest BCUT2D eigenvalue weighted by molar-refractivity contribution is -0.114. The zero-order chi connectivity index (χ0) is 14.0. The monoisotopic (exact) mass is 277 g/mol. The average molecular weight is 278 g/mol. The van der Waals surface area contributed by atoms with Gasteiger partial charge in [0, 0.05) is 11.9 Å². The van der Waals surface area contributed by atoms with Gasteiger partial charge in [0.05, 0.1) is 23.6 Å². The maximum atomic E-state index is 11.2. The van der Waals surface area contributed by atoms with Crippen molar-refractivity contribution in [3.8, 4) is 0 Å². The summed E-state index contributed by atoms with van der Waals surface area (Å²) in [5, 5.41) is 7.98. The van der Waals surface area contributed by atoms with Gasteiger partial charge in [0.2, 0.25) is 5.91 Å². The van der Waals surface area contributed by atoms with Crippen molar-refractivity contribution in [2.24, 2.45) is 0 Å². The molecule has 19 heavy (non-hydrogen) atoms. The number of rotatable bonds is 3. The number of aryl methyl sites for hydroxylation is 1. The van der Waals surface area contributed by atoms with E-state index in [1.807, 2.05) is 42.8 Å². The number of hydrogen-bond acceptors (Lipinski definition) is 2. The highest BCUT2D eigenvalue weighted by Crippen LogP contribution is 2.20. The predicted molar refractivity (Wildman–Crippen MR) is 76.6 cm³/mol. The van der Waals surface area contributed by atoms with E-state index in [1.165, 1.54) is 6.92 Å². The third kappa shape index (κ3) is 3.15. The van der Waals surface area contributed by atoms with Gasteiger partial charge in [-0.25, -0.2) is 0 Å². The minimum absolute atomic E-state index is 0.0859. The highest BCUT2D eigenvalue weighted by Gasteiger charge is 2.12. The molecule has 0 atom stereocenters. The first-order chi connectivity index (χ1) is 8.97. The quantitative estimate of drug-likeness (QED) is 0.937. The molecule has 2 aromatic rings. The van der Waals surface area contributed by atoms with Crippen LogP contribution in [0.25, 0.3) is 0 Å². The van der Waals surface area contributed by atoms with E-state index in [4.69, 9.17) is 11.6 Å². The summed E-state index contributed by atoms with van der Waals surface area (Å²) < 4.78 is 1.88. The van der Waals surface area contributed by atoms with Crippen molar-refractivity contribution >= 4 is 23.2 Å². The first-order valence-electron chi connectivity index (χ1n) is 6.03. The van der Waals surface area contributed by atoms with Gasteiger partial charge in [-0.15, -0.1) is 0 Å². The van der Waals surface area contributed by atoms with E-state index in [0.29, 0.717) is 6.54 Å². The zero-order valence-electron chi connectivity index (χ0n) is 11.2. The van der Waals surface area contributed by atoms with Crippen LogP contribution in [0, 0.1) is 13.8 Å². The summed E-state index contributed by atoms with van der Waals surface area (Å²) in [6, 6.07) is 7.66. The standard InChI is InChI=1S/C14H16ClN3O/c1-9-14(16-11(3)19)10(2)18(17-9)8-12-4-6-13(15)7-5-12/h4-7H,8H2,1-3H3,(H,16,19). The van der Waals surface area contributed by atoms with Crippen LogP contribution in [0.15, 0.2) is 24.3 Å². The first kappa shape index (κ1) is 13.6. The largest absolute Gasteiger partial charge is 0.323 e. The third-order valence-corrected chi connectivity index (χ3v) is 3.18. The van der Waals surface area contributed by atoms with E-state index < -0.39 is 0 Å². The Morgan fingerprint density at radius 3 is 2.53 bits per heavy atom. The maximum Gasteiger partial charge on any atom is 0.221 e. The molecule has 4 nitrogen and oxygen atoms in total. The van der Waals surface area contributed by atoms with Gasteiger partial charge in [-0.1, -0.05) is 23.7 Å². The highest BCUT2D eigenvalue weighted by molar-refractivity contribution is 6.30. The number of carbonyl (C=O) groups is 1. The summed E-state index contributed by atoms with van der Waals surface area (Å²) in [5.41, 5.74) is 3.68. The topological polar surface area (TPSA) is 46.9 Å². The molecule has 0 saturated heterocycles. The van der Waals surface area contributed by atoms with Gasteiger partial charge < -0.3 is 5.32 Å². The van der Waals surface area contributed by atoms with Crippen molar-refractivity contribution < 1.29 is 4.79 Å². The fourth-order valence-electron chi connectivity index (χ4n) is 1.97. The fraction of sp³-hybridized carbons (Fsp3) is 0.286. The second-order valence-corrected chi connectivity index (χ2v) is 4.95. The molecule has 0 radical (unpaired) electrons. The van der Waals surface area contributed by atoms with E-state index >= 15 is 0 Å². The van der Waals surface area contributed by atoms with Gasteiger partial charge >= 0.3 is 0 Å². The van der Waals surface area contributed by atoms with Gasteiger partial charge in [-0.05, 0) is 31.5 Å². The number of amides is 1. The summed E-state index contributed by atoms with van der Waals surface area (Å²) in [5.74, 6) is -0.0859. The zero-order valence-corrected chi connectivity index (χ0v) is 12.0. The number of hydrogen-bond donors (Lipinski definition) is 1. The summed E-state index contributed by atoms with van der Waals surface area (Å²) in [6.07, 6.45) is 0. The Morgan fingerprint density at radius 2 is 1.95 bits per heavy atom. The van der Waals surface area contributed by atoms with E-state index in [2.05, 4.69) is 10.4 Å². The van der Waals surface area contributed by atoms with E-state index in [0.717, 1.165) is 27.7 Å². The number of halogens is 1. The lowest BCUT2D eigenvalue weighted by Crippen LogP contribution is -2.08. The molecule has 0 saturated carbocycles. The van der Waals surface area contributed by atoms with Crippen LogP contribution in [-0.4, -0.2) is 15.7 Å². The minimum atomic E-state index is -0.0859. The Labute approximate surface area is 117 Å². The molecule has 0 bridgehead atoms. The average Bonchev–Trinajstić information content (AvgIpc) is 2.60. The van der Waals surface area contributed by atoms with E-state index in [-0.39, 0.29) is 5.91 Å². The lowest BCUT2D eigenvalue weighted by atomic mass is 10.2. The van der Waals surface area contributed by atoms with Crippen LogP contribution in [0.4, 0.5) is 5.69 Å². The van der Waals surface area contributed by atoms with Gasteiger partial charge in [0.1, 0.15) is 0 Å². The Kier molecular flexibility index (Phi) is 3.90. The predicted octanol–water partition coefficient (Wildman–Crippen LogP) is 3.16. The maximum absolute atomic E-state index is 11.2. The van der Waals surface area contributed by atoms with Crippen molar-refractivity contribution in [2.75, 3.05) is 5.32 Å². The smallest absolute Gasteiger partial charge is 0.221 e. The molecule has 1 heterocycles. The SMILES string of the molecule is CC(=O)Nc1c(C)nn(Cc2ccc(Cl)cc2)c1C. The molecule has 1 amide bonds. The molecule has 1 N–H and O–H groups in total. The number of aromatic nitrogens is 2. The van der Waals surface area contributed by atoms with Crippen LogP contribution in [0.2, 0.25) is 5.02 Å². The molecular weight excluding hydrogens is 262 g/mol.